The predicted octanol–water partition coefficient (Wildman–Crippen LogP) is 2.01. The average Bonchev–Trinajstić information content (AvgIpc) is 2.94. The van der Waals surface area contributed by atoms with Crippen LogP contribution in [0.1, 0.15) is 32.1 Å². The maximum absolute atomic E-state index is 10.9. The summed E-state index contributed by atoms with van der Waals surface area (Å²) in [6, 6.07) is 0. The number of halogens is 1. The molecule has 5 nitrogen and oxygen atoms in total. The molecule has 7 heteroatoms. The van der Waals surface area contributed by atoms with Crippen molar-refractivity contribution in [2.24, 2.45) is 4.99 Å². The number of nitrogens with zero attached hydrogens (tertiary/aromatic N) is 1. The van der Waals surface area contributed by atoms with E-state index in [1.54, 1.807) is 7.05 Å². The largest absolute Gasteiger partial charge is 0.469 e. The number of hydrogen-bond donors (Lipinski definition) is 2. The van der Waals surface area contributed by atoms with E-state index in [2.05, 4.69) is 20.4 Å². The molecule has 0 aliphatic carbocycles. The summed E-state index contributed by atoms with van der Waals surface area (Å²) in [7, 11) is 3.21. The molecule has 1 heterocycles. The fraction of sp³-hybridized carbons (Fsp3) is 0.846. The SMILES string of the molecule is CN=C(NCCCCC(=O)OC)NCC1CCCS1.I. The van der Waals surface area contributed by atoms with E-state index in [-0.39, 0.29) is 29.9 Å². The molecule has 0 spiro atoms. The van der Waals surface area contributed by atoms with Crippen LogP contribution in [0, 0.1) is 0 Å². The molecule has 1 unspecified atom stereocenters. The van der Waals surface area contributed by atoms with Gasteiger partial charge in [0.1, 0.15) is 0 Å². The topological polar surface area (TPSA) is 62.7 Å². The standard InChI is InChI=1S/C13H25N3O2S.HI/c1-14-13(16-10-11-6-5-9-19-11)15-8-4-3-7-12(17)18-2;/h11H,3-10H2,1-2H3,(H2,14,15,16);1H. The summed E-state index contributed by atoms with van der Waals surface area (Å²) >= 11 is 2.04. The Labute approximate surface area is 143 Å². The fourth-order valence-electron chi connectivity index (χ4n) is 1.94. The summed E-state index contributed by atoms with van der Waals surface area (Å²) in [6.07, 6.45) is 4.90. The monoisotopic (exact) mass is 415 g/mol. The van der Waals surface area contributed by atoms with Crippen LogP contribution in [0.4, 0.5) is 0 Å². The maximum Gasteiger partial charge on any atom is 0.305 e. The zero-order valence-electron chi connectivity index (χ0n) is 12.3. The van der Waals surface area contributed by atoms with E-state index in [0.717, 1.165) is 37.1 Å². The lowest BCUT2D eigenvalue weighted by Gasteiger charge is -2.14. The summed E-state index contributed by atoms with van der Waals surface area (Å²) in [6.45, 7) is 1.81. The smallest absolute Gasteiger partial charge is 0.305 e. The number of thioether (sulfide) groups is 1. The molecule has 0 saturated carbocycles. The number of guanidine groups is 1. The van der Waals surface area contributed by atoms with E-state index < -0.39 is 0 Å². The molecule has 0 bridgehead atoms. The van der Waals surface area contributed by atoms with Gasteiger partial charge in [-0.3, -0.25) is 9.79 Å². The van der Waals surface area contributed by atoms with Crippen LogP contribution in [0.3, 0.4) is 0 Å². The molecule has 0 aromatic carbocycles. The number of carbonyl (C=O) groups is 1. The zero-order valence-corrected chi connectivity index (χ0v) is 15.5. The molecule has 118 valence electrons. The van der Waals surface area contributed by atoms with Crippen molar-refractivity contribution in [2.45, 2.75) is 37.4 Å². The molecular formula is C13H26IN3O2S. The van der Waals surface area contributed by atoms with Crippen molar-refractivity contribution in [2.75, 3.05) is 33.0 Å². The van der Waals surface area contributed by atoms with Crippen LogP contribution < -0.4 is 10.6 Å². The average molecular weight is 415 g/mol. The number of hydrogen-bond acceptors (Lipinski definition) is 4. The van der Waals surface area contributed by atoms with Crippen molar-refractivity contribution in [1.29, 1.82) is 0 Å². The zero-order chi connectivity index (χ0) is 13.9. The molecule has 0 aromatic heterocycles. The lowest BCUT2D eigenvalue weighted by Crippen LogP contribution is -2.40. The number of unbranched alkanes of at least 4 members (excludes halogenated alkanes) is 1. The van der Waals surface area contributed by atoms with Gasteiger partial charge >= 0.3 is 5.97 Å². The first kappa shape index (κ1) is 19.8. The summed E-state index contributed by atoms with van der Waals surface area (Å²) in [4.78, 5) is 15.1. The molecule has 0 amide bonds. The Morgan fingerprint density at radius 2 is 2.20 bits per heavy atom. The number of carbonyl (C=O) groups excluding carboxylic acids is 1. The van der Waals surface area contributed by atoms with Gasteiger partial charge in [0.05, 0.1) is 7.11 Å². The van der Waals surface area contributed by atoms with Gasteiger partial charge in [0.15, 0.2) is 5.96 Å². The highest BCUT2D eigenvalue weighted by atomic mass is 127. The van der Waals surface area contributed by atoms with Gasteiger partial charge in [-0.15, -0.1) is 24.0 Å². The lowest BCUT2D eigenvalue weighted by molar-refractivity contribution is -0.140. The van der Waals surface area contributed by atoms with Gasteiger partial charge in [0.2, 0.25) is 0 Å². The summed E-state index contributed by atoms with van der Waals surface area (Å²) < 4.78 is 4.60. The maximum atomic E-state index is 10.9. The minimum Gasteiger partial charge on any atom is -0.469 e. The van der Waals surface area contributed by atoms with E-state index in [0.29, 0.717) is 6.42 Å². The number of nitrogens with one attached hydrogen (secondary N) is 2. The van der Waals surface area contributed by atoms with E-state index >= 15 is 0 Å². The Kier molecular flexibility index (Phi) is 12.4. The highest BCUT2D eigenvalue weighted by Crippen LogP contribution is 2.25. The first-order valence-corrected chi connectivity index (χ1v) is 7.94. The second-order valence-electron chi connectivity index (χ2n) is 4.55. The Hall–Kier alpha value is -0.180. The van der Waals surface area contributed by atoms with Crippen LogP contribution in [-0.2, 0) is 9.53 Å². The Balaban J connectivity index is 0.00000361. The van der Waals surface area contributed by atoms with Crippen molar-refractivity contribution in [3.8, 4) is 0 Å². The highest BCUT2D eigenvalue weighted by molar-refractivity contribution is 14.0. The fourth-order valence-corrected chi connectivity index (χ4v) is 3.14. The second-order valence-corrected chi connectivity index (χ2v) is 5.96. The van der Waals surface area contributed by atoms with Gasteiger partial charge in [-0.25, -0.2) is 0 Å². The van der Waals surface area contributed by atoms with E-state index in [4.69, 9.17) is 0 Å². The molecule has 20 heavy (non-hydrogen) atoms. The predicted molar refractivity (Wildman–Crippen MR) is 96.1 cm³/mol. The minimum absolute atomic E-state index is 0. The highest BCUT2D eigenvalue weighted by Gasteiger charge is 2.15. The molecule has 1 aliphatic heterocycles. The molecule has 1 rings (SSSR count). The number of aliphatic imine (C=N–C) groups is 1. The van der Waals surface area contributed by atoms with E-state index in [1.165, 1.54) is 25.7 Å². The van der Waals surface area contributed by atoms with Crippen molar-refractivity contribution in [3.63, 3.8) is 0 Å². The first-order chi connectivity index (χ1) is 9.26. The summed E-state index contributed by atoms with van der Waals surface area (Å²) in [5, 5.41) is 7.33. The Morgan fingerprint density at radius 3 is 2.80 bits per heavy atom. The molecule has 1 atom stereocenters. The number of ether oxygens (including phenoxy) is 1. The van der Waals surface area contributed by atoms with Crippen LogP contribution in [-0.4, -0.2) is 50.2 Å². The van der Waals surface area contributed by atoms with Gasteiger partial charge < -0.3 is 15.4 Å². The molecule has 0 aromatic rings. The molecule has 1 aliphatic rings. The van der Waals surface area contributed by atoms with Crippen LogP contribution in [0.2, 0.25) is 0 Å². The Morgan fingerprint density at radius 1 is 1.40 bits per heavy atom. The molecule has 0 radical (unpaired) electrons. The molecule has 1 fully saturated rings. The summed E-state index contributed by atoms with van der Waals surface area (Å²) in [5.41, 5.74) is 0. The van der Waals surface area contributed by atoms with Gasteiger partial charge in [-0.05, 0) is 31.4 Å². The van der Waals surface area contributed by atoms with E-state index in [1.807, 2.05) is 11.8 Å². The van der Waals surface area contributed by atoms with Gasteiger partial charge in [-0.2, -0.15) is 11.8 Å². The van der Waals surface area contributed by atoms with Crippen LogP contribution in [0.5, 0.6) is 0 Å². The van der Waals surface area contributed by atoms with Crippen molar-refractivity contribution in [3.05, 3.63) is 0 Å². The molecule has 2 N–H and O–H groups in total. The lowest BCUT2D eigenvalue weighted by atomic mass is 10.2. The van der Waals surface area contributed by atoms with Gasteiger partial charge in [-0.1, -0.05) is 0 Å². The number of methoxy groups -OCH3 is 1. The normalized spacial score (nSPS) is 18.3. The van der Waals surface area contributed by atoms with Gasteiger partial charge in [0.25, 0.3) is 0 Å². The van der Waals surface area contributed by atoms with Crippen LogP contribution in [0.25, 0.3) is 0 Å². The van der Waals surface area contributed by atoms with Crippen molar-refractivity contribution >= 4 is 47.7 Å². The van der Waals surface area contributed by atoms with Crippen LogP contribution >= 0.6 is 35.7 Å². The third-order valence-electron chi connectivity index (χ3n) is 3.07. The van der Waals surface area contributed by atoms with Crippen molar-refractivity contribution < 1.29 is 9.53 Å². The quantitative estimate of drug-likeness (QED) is 0.219. The summed E-state index contributed by atoms with van der Waals surface area (Å²) in [5.74, 6) is 2.00. The second kappa shape index (κ2) is 12.6. The third kappa shape index (κ3) is 8.89. The first-order valence-electron chi connectivity index (χ1n) is 6.89. The third-order valence-corrected chi connectivity index (χ3v) is 4.47. The van der Waals surface area contributed by atoms with Gasteiger partial charge in [0, 0.05) is 31.8 Å². The van der Waals surface area contributed by atoms with Crippen LogP contribution in [0.15, 0.2) is 4.99 Å². The number of rotatable bonds is 7. The minimum atomic E-state index is -0.138. The van der Waals surface area contributed by atoms with Crippen molar-refractivity contribution in [1.82, 2.24) is 10.6 Å². The molecular weight excluding hydrogens is 389 g/mol. The Bertz CT molecular complexity index is 297. The van der Waals surface area contributed by atoms with E-state index in [9.17, 15) is 4.79 Å². The molecule has 1 saturated heterocycles. The number of esters is 1.